The Balaban J connectivity index is 1.69. The highest BCUT2D eigenvalue weighted by atomic mass is 32.1. The lowest BCUT2D eigenvalue weighted by atomic mass is 9.97. The van der Waals surface area contributed by atoms with E-state index in [1.54, 1.807) is 5.57 Å². The van der Waals surface area contributed by atoms with Crippen LogP contribution in [0.1, 0.15) is 47.4 Å². The zero-order chi connectivity index (χ0) is 12.1. The smallest absolute Gasteiger partial charge is 0.0216 e. The Hall–Kier alpha value is -0.600. The lowest BCUT2D eigenvalue weighted by Crippen LogP contribution is -2.15. The predicted octanol–water partition coefficient (Wildman–Crippen LogP) is 4.35. The number of hydrogen-bond donors (Lipinski definition) is 1. The van der Waals surface area contributed by atoms with Crippen LogP contribution in [-0.4, -0.2) is 6.54 Å². The Morgan fingerprint density at radius 2 is 2.18 bits per heavy atom. The zero-order valence-corrected chi connectivity index (χ0v) is 11.8. The molecule has 1 N–H and O–H groups in total. The van der Waals surface area contributed by atoms with Gasteiger partial charge in [-0.15, -0.1) is 11.3 Å². The summed E-state index contributed by atoms with van der Waals surface area (Å²) < 4.78 is 0. The molecule has 1 nitrogen and oxygen atoms in total. The summed E-state index contributed by atoms with van der Waals surface area (Å²) in [5.74, 6) is 0. The molecule has 0 fully saturated rings. The van der Waals surface area contributed by atoms with Crippen LogP contribution in [-0.2, 0) is 6.54 Å². The fourth-order valence-electron chi connectivity index (χ4n) is 2.46. The Morgan fingerprint density at radius 3 is 2.82 bits per heavy atom. The largest absolute Gasteiger partial charge is 0.312 e. The van der Waals surface area contributed by atoms with Crippen LogP contribution < -0.4 is 5.32 Å². The lowest BCUT2D eigenvalue weighted by Gasteiger charge is -2.12. The highest BCUT2D eigenvalue weighted by molar-refractivity contribution is 7.12. The third-order valence-corrected chi connectivity index (χ3v) is 4.48. The van der Waals surface area contributed by atoms with E-state index < -0.39 is 0 Å². The van der Waals surface area contributed by atoms with Crippen LogP contribution in [0.25, 0.3) is 0 Å². The topological polar surface area (TPSA) is 12.0 Å². The zero-order valence-electron chi connectivity index (χ0n) is 11.0. The SMILES string of the molecule is Cc1cc(CNCCC2=CCCCC2)c(C)s1. The fraction of sp³-hybridized carbons (Fsp3) is 0.600. The van der Waals surface area contributed by atoms with Gasteiger partial charge >= 0.3 is 0 Å². The highest BCUT2D eigenvalue weighted by Crippen LogP contribution is 2.21. The Bertz CT molecular complexity index is 390. The van der Waals surface area contributed by atoms with Crippen LogP contribution in [0.2, 0.25) is 0 Å². The van der Waals surface area contributed by atoms with Gasteiger partial charge in [-0.25, -0.2) is 0 Å². The molecule has 2 rings (SSSR count). The van der Waals surface area contributed by atoms with Crippen LogP contribution in [0.3, 0.4) is 0 Å². The molecule has 1 aliphatic rings. The average molecular weight is 249 g/mol. The molecule has 0 aliphatic heterocycles. The molecule has 1 aliphatic carbocycles. The van der Waals surface area contributed by atoms with Gasteiger partial charge in [-0.3, -0.25) is 0 Å². The van der Waals surface area contributed by atoms with Gasteiger partial charge in [0.25, 0.3) is 0 Å². The van der Waals surface area contributed by atoms with Crippen molar-refractivity contribution in [3.8, 4) is 0 Å². The van der Waals surface area contributed by atoms with Crippen molar-refractivity contribution in [2.75, 3.05) is 6.54 Å². The van der Waals surface area contributed by atoms with Gasteiger partial charge in [-0.05, 0) is 64.1 Å². The number of hydrogen-bond acceptors (Lipinski definition) is 2. The molecule has 94 valence electrons. The van der Waals surface area contributed by atoms with Gasteiger partial charge in [0.1, 0.15) is 0 Å². The van der Waals surface area contributed by atoms with E-state index in [0.717, 1.165) is 13.1 Å². The minimum Gasteiger partial charge on any atom is -0.312 e. The molecule has 1 aromatic rings. The molecule has 0 saturated carbocycles. The van der Waals surface area contributed by atoms with Crippen molar-refractivity contribution in [1.82, 2.24) is 5.32 Å². The van der Waals surface area contributed by atoms with Gasteiger partial charge in [-0.2, -0.15) is 0 Å². The summed E-state index contributed by atoms with van der Waals surface area (Å²) in [6.07, 6.45) is 9.11. The van der Waals surface area contributed by atoms with Crippen molar-refractivity contribution in [3.63, 3.8) is 0 Å². The van der Waals surface area contributed by atoms with Gasteiger partial charge in [0.15, 0.2) is 0 Å². The van der Waals surface area contributed by atoms with Crippen molar-refractivity contribution in [2.24, 2.45) is 0 Å². The van der Waals surface area contributed by atoms with Gasteiger partial charge in [0.2, 0.25) is 0 Å². The molecular formula is C15H23NS. The third kappa shape index (κ3) is 3.97. The van der Waals surface area contributed by atoms with Gasteiger partial charge < -0.3 is 5.32 Å². The molecule has 0 unspecified atom stereocenters. The second-order valence-electron chi connectivity index (χ2n) is 4.97. The van der Waals surface area contributed by atoms with Gasteiger partial charge in [0.05, 0.1) is 0 Å². The third-order valence-electron chi connectivity index (χ3n) is 3.47. The maximum atomic E-state index is 3.57. The normalized spacial score (nSPS) is 16.0. The number of allylic oxidation sites excluding steroid dienone is 1. The van der Waals surface area contributed by atoms with E-state index in [0.29, 0.717) is 0 Å². The summed E-state index contributed by atoms with van der Waals surface area (Å²) in [7, 11) is 0. The number of aryl methyl sites for hydroxylation is 2. The van der Waals surface area contributed by atoms with E-state index >= 15 is 0 Å². The first-order valence-corrected chi connectivity index (χ1v) is 7.52. The molecule has 0 aromatic carbocycles. The van der Waals surface area contributed by atoms with E-state index in [4.69, 9.17) is 0 Å². The first-order chi connectivity index (χ1) is 8.25. The van der Waals surface area contributed by atoms with E-state index in [2.05, 4.69) is 31.3 Å². The van der Waals surface area contributed by atoms with Crippen molar-refractivity contribution in [1.29, 1.82) is 0 Å². The first-order valence-electron chi connectivity index (χ1n) is 6.70. The summed E-state index contributed by atoms with van der Waals surface area (Å²) in [5, 5.41) is 3.57. The molecular weight excluding hydrogens is 226 g/mol. The molecule has 0 spiro atoms. The van der Waals surface area contributed by atoms with E-state index in [1.807, 2.05) is 11.3 Å². The minimum absolute atomic E-state index is 1.03. The molecule has 17 heavy (non-hydrogen) atoms. The second-order valence-corrected chi connectivity index (χ2v) is 6.43. The quantitative estimate of drug-likeness (QED) is 0.604. The van der Waals surface area contributed by atoms with Crippen molar-refractivity contribution in [3.05, 3.63) is 33.0 Å². The van der Waals surface area contributed by atoms with E-state index in [9.17, 15) is 0 Å². The monoisotopic (exact) mass is 249 g/mol. The highest BCUT2D eigenvalue weighted by Gasteiger charge is 2.04. The van der Waals surface area contributed by atoms with Crippen LogP contribution >= 0.6 is 11.3 Å². The number of nitrogens with one attached hydrogen (secondary N) is 1. The second kappa shape index (κ2) is 6.36. The molecule has 1 aromatic heterocycles. The first kappa shape index (κ1) is 12.8. The number of rotatable bonds is 5. The summed E-state index contributed by atoms with van der Waals surface area (Å²) in [6, 6.07) is 2.31. The molecule has 1 heterocycles. The molecule has 0 amide bonds. The maximum absolute atomic E-state index is 3.57. The minimum atomic E-state index is 1.03. The van der Waals surface area contributed by atoms with Crippen molar-refractivity contribution >= 4 is 11.3 Å². The Morgan fingerprint density at radius 1 is 1.29 bits per heavy atom. The summed E-state index contributed by atoms with van der Waals surface area (Å²) in [4.78, 5) is 2.89. The average Bonchev–Trinajstić information content (AvgIpc) is 2.65. The van der Waals surface area contributed by atoms with E-state index in [-0.39, 0.29) is 0 Å². The van der Waals surface area contributed by atoms with Crippen LogP contribution in [0.4, 0.5) is 0 Å². The molecule has 0 radical (unpaired) electrons. The molecule has 2 heteroatoms. The number of thiophene rings is 1. The molecule has 0 bridgehead atoms. The van der Waals surface area contributed by atoms with Crippen molar-refractivity contribution in [2.45, 2.75) is 52.5 Å². The Kier molecular flexibility index (Phi) is 4.81. The van der Waals surface area contributed by atoms with Crippen LogP contribution in [0.15, 0.2) is 17.7 Å². The Labute approximate surface area is 109 Å². The summed E-state index contributed by atoms with van der Waals surface area (Å²) >= 11 is 1.90. The van der Waals surface area contributed by atoms with Crippen molar-refractivity contribution < 1.29 is 0 Å². The maximum Gasteiger partial charge on any atom is 0.0216 e. The predicted molar refractivity (Wildman–Crippen MR) is 76.7 cm³/mol. The standard InChI is InChI=1S/C15H23NS/c1-12-10-15(13(2)17-12)11-16-9-8-14-6-4-3-5-7-14/h6,10,16H,3-5,7-9,11H2,1-2H3. The van der Waals surface area contributed by atoms with E-state index in [1.165, 1.54) is 47.4 Å². The van der Waals surface area contributed by atoms with Gasteiger partial charge in [0, 0.05) is 16.3 Å². The molecule has 0 atom stereocenters. The van der Waals surface area contributed by atoms with Gasteiger partial charge in [-0.1, -0.05) is 11.6 Å². The summed E-state index contributed by atoms with van der Waals surface area (Å²) in [5.41, 5.74) is 3.15. The summed E-state index contributed by atoms with van der Waals surface area (Å²) in [6.45, 7) is 6.57. The van der Waals surface area contributed by atoms with Crippen LogP contribution in [0.5, 0.6) is 0 Å². The lowest BCUT2D eigenvalue weighted by molar-refractivity contribution is 0.632. The van der Waals surface area contributed by atoms with Crippen LogP contribution in [0, 0.1) is 13.8 Å². The fourth-order valence-corrected chi connectivity index (χ4v) is 3.41. The molecule has 0 saturated heterocycles.